The van der Waals surface area contributed by atoms with E-state index in [9.17, 15) is 4.79 Å². The van der Waals surface area contributed by atoms with Crippen LogP contribution in [-0.4, -0.2) is 55.0 Å². The van der Waals surface area contributed by atoms with Gasteiger partial charge in [-0.15, -0.1) is 0 Å². The molecule has 1 aliphatic rings. The Kier molecular flexibility index (Phi) is 6.71. The Morgan fingerprint density at radius 3 is 2.80 bits per heavy atom. The number of rotatable bonds is 5. The first-order valence-electron chi connectivity index (χ1n) is 7.28. The van der Waals surface area contributed by atoms with E-state index in [-0.39, 0.29) is 18.2 Å². The zero-order valence-corrected chi connectivity index (χ0v) is 13.3. The van der Waals surface area contributed by atoms with Crippen LogP contribution in [0.3, 0.4) is 0 Å². The molecule has 1 heterocycles. The number of nitrogens with one attached hydrogen (secondary N) is 1. The lowest BCUT2D eigenvalue weighted by molar-refractivity contribution is -0.0431. The number of carbonyl (C=O) groups is 1. The zero-order valence-electron chi connectivity index (χ0n) is 13.3. The predicted octanol–water partition coefficient (Wildman–Crippen LogP) is 1.94. The summed E-state index contributed by atoms with van der Waals surface area (Å²) in [5.74, 6) is 0. The Bertz CT molecular complexity index is 304. The molecule has 1 amide bonds. The van der Waals surface area contributed by atoms with Crippen molar-refractivity contribution < 1.29 is 19.1 Å². The molecule has 2 unspecified atom stereocenters. The van der Waals surface area contributed by atoms with Crippen LogP contribution in [0.5, 0.6) is 0 Å². The standard InChI is InChI=1S/C14H28N2O4/c1-6-19-15-11(2)9-12-10-18-8-7-16(12)13(17)20-14(3,4)5/h11-12,15H,6-10H2,1-5H3. The Balaban J connectivity index is 2.55. The highest BCUT2D eigenvalue weighted by molar-refractivity contribution is 5.68. The van der Waals surface area contributed by atoms with Crippen LogP contribution in [0.1, 0.15) is 41.0 Å². The lowest BCUT2D eigenvalue weighted by Gasteiger charge is -2.37. The number of amides is 1. The maximum absolute atomic E-state index is 12.2. The molecular formula is C14H28N2O4. The molecule has 1 aliphatic heterocycles. The third kappa shape index (κ3) is 6.07. The third-order valence-corrected chi connectivity index (χ3v) is 2.91. The van der Waals surface area contributed by atoms with E-state index in [0.29, 0.717) is 26.4 Å². The molecule has 1 rings (SSSR count). The summed E-state index contributed by atoms with van der Waals surface area (Å²) < 4.78 is 10.9. The van der Waals surface area contributed by atoms with Crippen molar-refractivity contribution in [3.05, 3.63) is 0 Å². The molecule has 2 atom stereocenters. The molecule has 118 valence electrons. The second kappa shape index (κ2) is 7.81. The number of carbonyl (C=O) groups excluding carboxylic acids is 1. The molecule has 0 aromatic carbocycles. The molecule has 20 heavy (non-hydrogen) atoms. The molecular weight excluding hydrogens is 260 g/mol. The van der Waals surface area contributed by atoms with E-state index in [1.807, 2.05) is 34.6 Å². The SMILES string of the molecule is CCONC(C)CC1COCCN1C(=O)OC(C)(C)C. The number of hydrogen-bond donors (Lipinski definition) is 1. The van der Waals surface area contributed by atoms with Crippen molar-refractivity contribution >= 4 is 6.09 Å². The molecule has 0 aromatic rings. The summed E-state index contributed by atoms with van der Waals surface area (Å²) >= 11 is 0. The molecule has 6 heteroatoms. The average molecular weight is 288 g/mol. The largest absolute Gasteiger partial charge is 0.444 e. The number of ether oxygens (including phenoxy) is 2. The highest BCUT2D eigenvalue weighted by atomic mass is 16.6. The molecule has 6 nitrogen and oxygen atoms in total. The normalized spacial score (nSPS) is 21.6. The van der Waals surface area contributed by atoms with Crippen LogP contribution < -0.4 is 5.48 Å². The van der Waals surface area contributed by atoms with E-state index < -0.39 is 5.60 Å². The van der Waals surface area contributed by atoms with Gasteiger partial charge in [-0.05, 0) is 41.0 Å². The van der Waals surface area contributed by atoms with Gasteiger partial charge in [0.05, 0.1) is 25.9 Å². The van der Waals surface area contributed by atoms with E-state index in [1.165, 1.54) is 0 Å². The van der Waals surface area contributed by atoms with Gasteiger partial charge in [0.25, 0.3) is 0 Å². The lowest BCUT2D eigenvalue weighted by Crippen LogP contribution is -2.52. The average Bonchev–Trinajstić information content (AvgIpc) is 2.35. The first-order valence-corrected chi connectivity index (χ1v) is 7.28. The Morgan fingerprint density at radius 2 is 2.20 bits per heavy atom. The van der Waals surface area contributed by atoms with Crippen molar-refractivity contribution in [2.75, 3.05) is 26.4 Å². The van der Waals surface area contributed by atoms with E-state index >= 15 is 0 Å². The van der Waals surface area contributed by atoms with Gasteiger partial charge in [0, 0.05) is 12.6 Å². The Morgan fingerprint density at radius 1 is 1.50 bits per heavy atom. The van der Waals surface area contributed by atoms with Gasteiger partial charge in [-0.2, -0.15) is 5.48 Å². The van der Waals surface area contributed by atoms with Crippen molar-refractivity contribution in [3.63, 3.8) is 0 Å². The van der Waals surface area contributed by atoms with Crippen LogP contribution in [0.2, 0.25) is 0 Å². The summed E-state index contributed by atoms with van der Waals surface area (Å²) in [6.07, 6.45) is 0.494. The highest BCUT2D eigenvalue weighted by Crippen LogP contribution is 2.17. The minimum atomic E-state index is -0.477. The van der Waals surface area contributed by atoms with Crippen molar-refractivity contribution in [2.24, 2.45) is 0 Å². The van der Waals surface area contributed by atoms with Crippen LogP contribution in [-0.2, 0) is 14.3 Å². The van der Waals surface area contributed by atoms with Crippen LogP contribution in [0.15, 0.2) is 0 Å². The highest BCUT2D eigenvalue weighted by Gasteiger charge is 2.31. The number of hydroxylamine groups is 1. The van der Waals surface area contributed by atoms with Gasteiger partial charge in [-0.1, -0.05) is 0 Å². The number of hydrogen-bond acceptors (Lipinski definition) is 5. The molecule has 0 aromatic heterocycles. The van der Waals surface area contributed by atoms with Crippen LogP contribution in [0, 0.1) is 0 Å². The molecule has 0 saturated carbocycles. The van der Waals surface area contributed by atoms with E-state index in [2.05, 4.69) is 5.48 Å². The summed E-state index contributed by atoms with van der Waals surface area (Å²) in [5.41, 5.74) is 2.48. The van der Waals surface area contributed by atoms with Crippen LogP contribution in [0.4, 0.5) is 4.79 Å². The van der Waals surface area contributed by atoms with Gasteiger partial charge in [0.2, 0.25) is 0 Å². The Labute approximate surface area is 121 Å². The van der Waals surface area contributed by atoms with Crippen LogP contribution >= 0.6 is 0 Å². The van der Waals surface area contributed by atoms with Gasteiger partial charge in [-0.25, -0.2) is 4.79 Å². The molecule has 0 spiro atoms. The third-order valence-electron chi connectivity index (χ3n) is 2.91. The second-order valence-electron chi connectivity index (χ2n) is 6.09. The molecule has 0 radical (unpaired) electrons. The summed E-state index contributed by atoms with van der Waals surface area (Å²) in [5, 5.41) is 0. The summed E-state index contributed by atoms with van der Waals surface area (Å²) in [7, 11) is 0. The maximum Gasteiger partial charge on any atom is 0.410 e. The molecule has 1 saturated heterocycles. The van der Waals surface area contributed by atoms with Crippen molar-refractivity contribution in [1.29, 1.82) is 0 Å². The van der Waals surface area contributed by atoms with Crippen molar-refractivity contribution in [1.82, 2.24) is 10.4 Å². The number of nitrogens with zero attached hydrogens (tertiary/aromatic N) is 1. The molecule has 1 N–H and O–H groups in total. The van der Waals surface area contributed by atoms with Gasteiger partial charge in [0.15, 0.2) is 0 Å². The predicted molar refractivity (Wildman–Crippen MR) is 76.4 cm³/mol. The quantitative estimate of drug-likeness (QED) is 0.783. The molecule has 0 aliphatic carbocycles. The van der Waals surface area contributed by atoms with E-state index in [1.54, 1.807) is 4.90 Å². The first kappa shape index (κ1) is 17.2. The van der Waals surface area contributed by atoms with Gasteiger partial charge in [0.1, 0.15) is 5.60 Å². The minimum absolute atomic E-state index is 0.0153. The Hall–Kier alpha value is -0.850. The summed E-state index contributed by atoms with van der Waals surface area (Å²) in [4.78, 5) is 19.2. The summed E-state index contributed by atoms with van der Waals surface area (Å²) in [6.45, 7) is 11.9. The van der Waals surface area contributed by atoms with Gasteiger partial charge < -0.3 is 19.2 Å². The number of morpholine rings is 1. The topological polar surface area (TPSA) is 60.0 Å². The van der Waals surface area contributed by atoms with Crippen molar-refractivity contribution in [2.45, 2.75) is 58.7 Å². The maximum atomic E-state index is 12.2. The first-order chi connectivity index (χ1) is 9.33. The van der Waals surface area contributed by atoms with E-state index in [4.69, 9.17) is 14.3 Å². The van der Waals surface area contributed by atoms with Crippen molar-refractivity contribution in [3.8, 4) is 0 Å². The van der Waals surface area contributed by atoms with Crippen LogP contribution in [0.25, 0.3) is 0 Å². The fourth-order valence-corrected chi connectivity index (χ4v) is 2.09. The monoisotopic (exact) mass is 288 g/mol. The minimum Gasteiger partial charge on any atom is -0.444 e. The summed E-state index contributed by atoms with van der Waals surface area (Å²) in [6, 6.07) is 0.160. The molecule has 0 bridgehead atoms. The van der Waals surface area contributed by atoms with Gasteiger partial charge in [-0.3, -0.25) is 0 Å². The zero-order chi connectivity index (χ0) is 15.2. The van der Waals surface area contributed by atoms with Gasteiger partial charge >= 0.3 is 6.09 Å². The lowest BCUT2D eigenvalue weighted by atomic mass is 10.1. The van der Waals surface area contributed by atoms with E-state index in [0.717, 1.165) is 6.42 Å². The fourth-order valence-electron chi connectivity index (χ4n) is 2.09. The smallest absolute Gasteiger partial charge is 0.410 e. The molecule has 1 fully saturated rings. The second-order valence-corrected chi connectivity index (χ2v) is 6.09. The fraction of sp³-hybridized carbons (Fsp3) is 0.929.